The number of rotatable bonds is 6. The number of hydrogen-bond acceptors (Lipinski definition) is 4. The van der Waals surface area contributed by atoms with Crippen molar-refractivity contribution in [2.45, 2.75) is 0 Å². The number of benzene rings is 4. The lowest BCUT2D eigenvalue weighted by Gasteiger charge is -2.13. The lowest BCUT2D eigenvalue weighted by Crippen LogP contribution is -2.16. The SMILES string of the molecule is C#Cc1ccc(N=S(=O)(Oc2ccccc2)Oc2ccc(-c3ccccc3)cc2)cc1. The van der Waals surface area contributed by atoms with Crippen LogP contribution in [-0.2, 0) is 10.3 Å². The van der Waals surface area contributed by atoms with Gasteiger partial charge >= 0.3 is 10.3 Å². The van der Waals surface area contributed by atoms with Gasteiger partial charge in [-0.3, -0.25) is 0 Å². The van der Waals surface area contributed by atoms with Gasteiger partial charge in [-0.05, 0) is 59.7 Å². The first-order valence-corrected chi connectivity index (χ1v) is 10.9. The maximum atomic E-state index is 13.6. The molecular formula is C26H19NO3S. The van der Waals surface area contributed by atoms with Gasteiger partial charge in [-0.1, -0.05) is 66.6 Å². The van der Waals surface area contributed by atoms with E-state index in [0.717, 1.165) is 11.1 Å². The Morgan fingerprint density at radius 3 is 1.74 bits per heavy atom. The van der Waals surface area contributed by atoms with E-state index in [1.807, 2.05) is 48.5 Å². The molecule has 1 atom stereocenters. The first-order chi connectivity index (χ1) is 15.1. The van der Waals surface area contributed by atoms with Gasteiger partial charge in [0.15, 0.2) is 0 Å². The summed E-state index contributed by atoms with van der Waals surface area (Å²) in [5, 5.41) is 0. The average Bonchev–Trinajstić information content (AvgIpc) is 2.81. The van der Waals surface area contributed by atoms with E-state index in [4.69, 9.17) is 14.8 Å². The predicted octanol–water partition coefficient (Wildman–Crippen LogP) is 6.42. The molecule has 0 saturated heterocycles. The van der Waals surface area contributed by atoms with E-state index >= 15 is 0 Å². The second-order valence-electron chi connectivity index (χ2n) is 6.58. The van der Waals surface area contributed by atoms with Gasteiger partial charge in [0.25, 0.3) is 0 Å². The summed E-state index contributed by atoms with van der Waals surface area (Å²) in [7, 11) is -3.57. The van der Waals surface area contributed by atoms with Gasteiger partial charge in [0, 0.05) is 5.56 Å². The van der Waals surface area contributed by atoms with Crippen LogP contribution in [0.25, 0.3) is 11.1 Å². The zero-order chi connectivity index (χ0) is 21.5. The highest BCUT2D eigenvalue weighted by atomic mass is 32.2. The van der Waals surface area contributed by atoms with Crippen LogP contribution < -0.4 is 8.37 Å². The Kier molecular flexibility index (Phi) is 6.02. The van der Waals surface area contributed by atoms with E-state index < -0.39 is 10.3 Å². The van der Waals surface area contributed by atoms with E-state index in [-0.39, 0.29) is 0 Å². The molecule has 0 heterocycles. The number of nitrogens with zero attached hydrogens (tertiary/aromatic N) is 1. The first-order valence-electron chi connectivity index (χ1n) is 9.57. The van der Waals surface area contributed by atoms with Crippen molar-refractivity contribution in [2.75, 3.05) is 0 Å². The molecule has 0 aromatic heterocycles. The minimum atomic E-state index is -3.57. The van der Waals surface area contributed by atoms with Crippen LogP contribution in [-0.4, -0.2) is 4.21 Å². The molecule has 5 heteroatoms. The first kappa shape index (κ1) is 20.3. The molecule has 0 aliphatic carbocycles. The maximum Gasteiger partial charge on any atom is 0.393 e. The summed E-state index contributed by atoms with van der Waals surface area (Å²) < 4.78 is 29.2. The van der Waals surface area contributed by atoms with Gasteiger partial charge < -0.3 is 8.37 Å². The third kappa shape index (κ3) is 5.33. The van der Waals surface area contributed by atoms with Crippen LogP contribution >= 0.6 is 0 Å². The Balaban J connectivity index is 1.66. The zero-order valence-electron chi connectivity index (χ0n) is 16.5. The van der Waals surface area contributed by atoms with Crippen LogP contribution in [0.3, 0.4) is 0 Å². The van der Waals surface area contributed by atoms with Crippen molar-refractivity contribution < 1.29 is 12.6 Å². The molecule has 0 aliphatic rings. The van der Waals surface area contributed by atoms with Crippen LogP contribution in [0.1, 0.15) is 5.56 Å². The van der Waals surface area contributed by atoms with Crippen molar-refractivity contribution in [3.63, 3.8) is 0 Å². The summed E-state index contributed by atoms with van der Waals surface area (Å²) >= 11 is 0. The Bertz CT molecular complexity index is 1300. The standard InChI is InChI=1S/C26H19NO3S/c1-2-21-13-17-24(18-14-21)27-31(28,29-25-11-7-4-8-12-25)30-26-19-15-23(16-20-26)22-9-5-3-6-10-22/h1,3-20H. The van der Waals surface area contributed by atoms with Crippen molar-refractivity contribution in [1.29, 1.82) is 0 Å². The summed E-state index contributed by atoms with van der Waals surface area (Å²) in [5.74, 6) is 3.31. The fraction of sp³-hybridized carbons (Fsp3) is 0. The molecule has 31 heavy (non-hydrogen) atoms. The van der Waals surface area contributed by atoms with Gasteiger partial charge in [0.2, 0.25) is 0 Å². The van der Waals surface area contributed by atoms with E-state index in [2.05, 4.69) is 10.3 Å². The highest BCUT2D eigenvalue weighted by molar-refractivity contribution is 7.85. The van der Waals surface area contributed by atoms with Crippen molar-refractivity contribution >= 4 is 16.0 Å². The number of para-hydroxylation sites is 1. The quantitative estimate of drug-likeness (QED) is 0.335. The highest BCUT2D eigenvalue weighted by Crippen LogP contribution is 2.26. The van der Waals surface area contributed by atoms with Gasteiger partial charge in [-0.15, -0.1) is 10.8 Å². The minimum absolute atomic E-state index is 0.379. The molecule has 0 amide bonds. The Morgan fingerprint density at radius 2 is 1.16 bits per heavy atom. The topological polar surface area (TPSA) is 47.9 Å². The van der Waals surface area contributed by atoms with E-state index in [1.165, 1.54) is 0 Å². The molecule has 0 bridgehead atoms. The number of terminal acetylenes is 1. The molecule has 4 nitrogen and oxygen atoms in total. The van der Waals surface area contributed by atoms with Crippen LogP contribution in [0.5, 0.6) is 11.5 Å². The molecule has 0 radical (unpaired) electrons. The smallest absolute Gasteiger partial charge is 0.368 e. The normalized spacial score (nSPS) is 12.2. The largest absolute Gasteiger partial charge is 0.393 e. The van der Waals surface area contributed by atoms with Crippen LogP contribution in [0.4, 0.5) is 5.69 Å². The Morgan fingerprint density at radius 1 is 0.645 bits per heavy atom. The predicted molar refractivity (Wildman–Crippen MR) is 124 cm³/mol. The summed E-state index contributed by atoms with van der Waals surface area (Å²) in [5.41, 5.74) is 3.23. The molecule has 4 aromatic rings. The molecule has 0 fully saturated rings. The molecule has 0 saturated carbocycles. The van der Waals surface area contributed by atoms with Crippen molar-refractivity contribution in [3.8, 4) is 35.0 Å². The average molecular weight is 426 g/mol. The molecule has 1 unspecified atom stereocenters. The van der Waals surface area contributed by atoms with Crippen molar-refractivity contribution in [1.82, 2.24) is 0 Å². The third-order valence-corrected chi connectivity index (χ3v) is 5.60. The fourth-order valence-corrected chi connectivity index (χ4v) is 4.05. The van der Waals surface area contributed by atoms with Crippen LogP contribution in [0, 0.1) is 12.3 Å². The third-order valence-electron chi connectivity index (χ3n) is 4.36. The van der Waals surface area contributed by atoms with E-state index in [1.54, 1.807) is 60.7 Å². The van der Waals surface area contributed by atoms with Gasteiger partial charge in [0.05, 0.1) is 5.69 Å². The lowest BCUT2D eigenvalue weighted by atomic mass is 10.1. The Labute approximate surface area is 182 Å². The van der Waals surface area contributed by atoms with E-state index in [0.29, 0.717) is 22.7 Å². The van der Waals surface area contributed by atoms with Gasteiger partial charge in [-0.25, -0.2) is 0 Å². The van der Waals surface area contributed by atoms with E-state index in [9.17, 15) is 4.21 Å². The molecule has 4 aromatic carbocycles. The zero-order valence-corrected chi connectivity index (χ0v) is 17.4. The minimum Gasteiger partial charge on any atom is -0.368 e. The second-order valence-corrected chi connectivity index (χ2v) is 7.95. The highest BCUT2D eigenvalue weighted by Gasteiger charge is 2.15. The van der Waals surface area contributed by atoms with Crippen molar-refractivity contribution in [3.05, 3.63) is 115 Å². The summed E-state index contributed by atoms with van der Waals surface area (Å²) in [6.45, 7) is 0. The molecule has 4 rings (SSSR count). The van der Waals surface area contributed by atoms with Gasteiger partial charge in [-0.2, -0.15) is 4.21 Å². The fourth-order valence-electron chi connectivity index (χ4n) is 2.85. The molecular weight excluding hydrogens is 406 g/mol. The number of hydrogen-bond donors (Lipinski definition) is 0. The van der Waals surface area contributed by atoms with Crippen molar-refractivity contribution in [2.24, 2.45) is 4.36 Å². The maximum absolute atomic E-state index is 13.6. The van der Waals surface area contributed by atoms with Crippen LogP contribution in [0.15, 0.2) is 114 Å². The molecule has 0 N–H and O–H groups in total. The molecule has 152 valence electrons. The van der Waals surface area contributed by atoms with Gasteiger partial charge in [0.1, 0.15) is 11.5 Å². The molecule has 0 aliphatic heterocycles. The summed E-state index contributed by atoms with van der Waals surface area (Å²) in [6.07, 6.45) is 5.40. The summed E-state index contributed by atoms with van der Waals surface area (Å²) in [4.78, 5) is 0. The second kappa shape index (κ2) is 9.21. The Hall–Kier alpha value is -4.01. The lowest BCUT2D eigenvalue weighted by molar-refractivity contribution is 0.448. The van der Waals surface area contributed by atoms with Crippen LogP contribution in [0.2, 0.25) is 0 Å². The molecule has 0 spiro atoms. The summed E-state index contributed by atoms with van der Waals surface area (Å²) in [6, 6.07) is 32.8. The monoisotopic (exact) mass is 425 g/mol.